The lowest BCUT2D eigenvalue weighted by Crippen LogP contribution is -2.48. The van der Waals surface area contributed by atoms with Crippen molar-refractivity contribution in [2.24, 2.45) is 0 Å². The lowest BCUT2D eigenvalue weighted by atomic mass is 10.0. The molecule has 0 aromatic carbocycles. The van der Waals surface area contributed by atoms with Crippen molar-refractivity contribution in [3.05, 3.63) is 36.5 Å². The number of carbonyl (C=O) groups excluding carboxylic acids is 1. The third-order valence-corrected chi connectivity index (χ3v) is 5.46. The second-order valence-corrected chi connectivity index (χ2v) is 6.79. The molecule has 0 bridgehead atoms. The third-order valence-electron chi connectivity index (χ3n) is 5.46. The van der Waals surface area contributed by atoms with Gasteiger partial charge in [-0.1, -0.05) is 6.92 Å². The Hall–Kier alpha value is -2.28. The van der Waals surface area contributed by atoms with E-state index in [9.17, 15) is 4.79 Å². The Morgan fingerprint density at radius 1 is 1.16 bits per heavy atom. The topological polar surface area (TPSA) is 67.2 Å². The molecule has 7 nitrogen and oxygen atoms in total. The molecule has 25 heavy (non-hydrogen) atoms. The van der Waals surface area contributed by atoms with Crippen LogP contribution < -0.4 is 0 Å². The van der Waals surface area contributed by atoms with Crippen molar-refractivity contribution in [2.45, 2.75) is 44.7 Å². The second-order valence-electron chi connectivity index (χ2n) is 6.79. The van der Waals surface area contributed by atoms with Gasteiger partial charge in [0.1, 0.15) is 6.33 Å². The molecule has 0 N–H and O–H groups in total. The van der Waals surface area contributed by atoms with Crippen molar-refractivity contribution in [2.75, 3.05) is 19.6 Å². The summed E-state index contributed by atoms with van der Waals surface area (Å²) in [5.74, 6) is 0.676. The molecule has 2 aliphatic heterocycles. The molecule has 1 amide bonds. The number of aromatic nitrogens is 4. The normalized spacial score (nSPS) is 24.1. The van der Waals surface area contributed by atoms with Gasteiger partial charge in [-0.25, -0.2) is 4.98 Å². The highest BCUT2D eigenvalue weighted by Crippen LogP contribution is 2.30. The van der Waals surface area contributed by atoms with Crippen LogP contribution in [0.1, 0.15) is 43.1 Å². The summed E-state index contributed by atoms with van der Waals surface area (Å²) in [6.45, 7) is 5.24. The summed E-state index contributed by atoms with van der Waals surface area (Å²) < 4.78 is 1.78. The zero-order valence-electron chi connectivity index (χ0n) is 14.6. The number of carbonyl (C=O) groups is 1. The summed E-state index contributed by atoms with van der Waals surface area (Å²) in [7, 11) is 0. The lowest BCUT2D eigenvalue weighted by molar-refractivity contribution is 0.0643. The molecule has 0 aliphatic carbocycles. The van der Waals surface area contributed by atoms with Crippen molar-refractivity contribution in [3.63, 3.8) is 0 Å². The van der Waals surface area contributed by atoms with Crippen LogP contribution in [0.25, 0.3) is 5.82 Å². The first-order chi connectivity index (χ1) is 12.3. The van der Waals surface area contributed by atoms with Crippen molar-refractivity contribution in [1.82, 2.24) is 29.5 Å². The molecule has 4 heterocycles. The van der Waals surface area contributed by atoms with E-state index in [-0.39, 0.29) is 5.91 Å². The van der Waals surface area contributed by atoms with Gasteiger partial charge in [0.05, 0.1) is 0 Å². The summed E-state index contributed by atoms with van der Waals surface area (Å²) in [4.78, 5) is 21.5. The molecule has 2 saturated heterocycles. The number of likely N-dealkylation sites (tertiary alicyclic amines) is 2. The molecule has 0 saturated carbocycles. The van der Waals surface area contributed by atoms with E-state index in [1.54, 1.807) is 29.4 Å². The molecule has 0 radical (unpaired) electrons. The Morgan fingerprint density at radius 3 is 2.72 bits per heavy atom. The number of hydrogen-bond donors (Lipinski definition) is 0. The van der Waals surface area contributed by atoms with Crippen LogP contribution in [-0.2, 0) is 0 Å². The minimum absolute atomic E-state index is 0.00938. The highest BCUT2D eigenvalue weighted by molar-refractivity contribution is 5.92. The quantitative estimate of drug-likeness (QED) is 0.848. The van der Waals surface area contributed by atoms with E-state index < -0.39 is 0 Å². The molecule has 2 unspecified atom stereocenters. The third kappa shape index (κ3) is 3.04. The van der Waals surface area contributed by atoms with E-state index in [0.717, 1.165) is 32.5 Å². The maximum atomic E-state index is 13.0. The predicted octanol–water partition coefficient (Wildman–Crippen LogP) is 1.75. The first-order valence-electron chi connectivity index (χ1n) is 9.15. The molecule has 2 atom stereocenters. The summed E-state index contributed by atoms with van der Waals surface area (Å²) >= 11 is 0. The molecule has 132 valence electrons. The summed E-state index contributed by atoms with van der Waals surface area (Å²) in [6.07, 6.45) is 9.75. The minimum Gasteiger partial charge on any atom is -0.333 e. The average Bonchev–Trinajstić information content (AvgIpc) is 3.41. The van der Waals surface area contributed by atoms with E-state index in [4.69, 9.17) is 0 Å². The lowest BCUT2D eigenvalue weighted by Gasteiger charge is -2.34. The monoisotopic (exact) mass is 340 g/mol. The fraction of sp³-hybridized carbons (Fsp3) is 0.556. The van der Waals surface area contributed by atoms with Gasteiger partial charge in [0, 0.05) is 31.0 Å². The zero-order chi connectivity index (χ0) is 17.2. The minimum atomic E-state index is 0.00938. The van der Waals surface area contributed by atoms with Crippen LogP contribution >= 0.6 is 0 Å². The van der Waals surface area contributed by atoms with E-state index >= 15 is 0 Å². The van der Waals surface area contributed by atoms with Gasteiger partial charge in [0.2, 0.25) is 0 Å². The van der Waals surface area contributed by atoms with Crippen LogP contribution in [0.4, 0.5) is 0 Å². The first kappa shape index (κ1) is 16.2. The van der Waals surface area contributed by atoms with Crippen molar-refractivity contribution in [1.29, 1.82) is 0 Å². The first-order valence-corrected chi connectivity index (χ1v) is 9.15. The van der Waals surface area contributed by atoms with Crippen LogP contribution in [0.15, 0.2) is 30.9 Å². The van der Waals surface area contributed by atoms with Crippen molar-refractivity contribution < 1.29 is 4.79 Å². The maximum Gasteiger partial charge on any atom is 0.274 e. The molecule has 0 spiro atoms. The fourth-order valence-electron chi connectivity index (χ4n) is 4.24. The number of likely N-dealkylation sites (N-methyl/N-ethyl adjacent to an activating group) is 1. The fourth-order valence-corrected chi connectivity index (χ4v) is 4.24. The molecule has 2 aliphatic rings. The zero-order valence-corrected chi connectivity index (χ0v) is 14.6. The van der Waals surface area contributed by atoms with Gasteiger partial charge in [0.25, 0.3) is 5.91 Å². The summed E-state index contributed by atoms with van der Waals surface area (Å²) in [5.41, 5.74) is 0.428. The number of nitrogens with zero attached hydrogens (tertiary/aromatic N) is 6. The van der Waals surface area contributed by atoms with E-state index in [2.05, 4.69) is 27.0 Å². The highest BCUT2D eigenvalue weighted by atomic mass is 16.2. The molecular formula is C18H24N6O. The van der Waals surface area contributed by atoms with Gasteiger partial charge >= 0.3 is 0 Å². The average molecular weight is 340 g/mol. The van der Waals surface area contributed by atoms with Gasteiger partial charge in [-0.2, -0.15) is 0 Å². The number of hydrogen-bond acceptors (Lipinski definition) is 5. The molecule has 2 aromatic heterocycles. The van der Waals surface area contributed by atoms with Crippen LogP contribution in [0, 0.1) is 0 Å². The smallest absolute Gasteiger partial charge is 0.274 e. The second kappa shape index (κ2) is 6.92. The highest BCUT2D eigenvalue weighted by Gasteiger charge is 2.39. The summed E-state index contributed by atoms with van der Waals surface area (Å²) in [6, 6.07) is 4.40. The van der Waals surface area contributed by atoms with E-state index in [1.165, 1.54) is 12.8 Å². The van der Waals surface area contributed by atoms with Gasteiger partial charge < -0.3 is 4.90 Å². The Balaban J connectivity index is 1.51. The Bertz CT molecular complexity index is 714. The van der Waals surface area contributed by atoms with Crippen LogP contribution in [0.3, 0.4) is 0 Å². The molecule has 7 heteroatoms. The number of rotatable bonds is 4. The Labute approximate surface area is 147 Å². The van der Waals surface area contributed by atoms with E-state index in [0.29, 0.717) is 23.6 Å². The predicted molar refractivity (Wildman–Crippen MR) is 93.5 cm³/mol. The number of imidazole rings is 1. The molecule has 2 fully saturated rings. The summed E-state index contributed by atoms with van der Waals surface area (Å²) in [5, 5.41) is 8.36. The van der Waals surface area contributed by atoms with E-state index in [1.807, 2.05) is 11.0 Å². The largest absolute Gasteiger partial charge is 0.333 e. The van der Waals surface area contributed by atoms with Gasteiger partial charge in [-0.3, -0.25) is 14.3 Å². The van der Waals surface area contributed by atoms with Crippen molar-refractivity contribution >= 4 is 5.91 Å². The van der Waals surface area contributed by atoms with Crippen LogP contribution in [0.2, 0.25) is 0 Å². The van der Waals surface area contributed by atoms with Gasteiger partial charge in [0.15, 0.2) is 11.5 Å². The molecule has 2 aromatic rings. The van der Waals surface area contributed by atoms with Crippen LogP contribution in [-0.4, -0.2) is 67.2 Å². The van der Waals surface area contributed by atoms with Gasteiger partial charge in [-0.05, 0) is 50.9 Å². The molecular weight excluding hydrogens is 316 g/mol. The molecule has 4 rings (SSSR count). The Kier molecular flexibility index (Phi) is 4.48. The maximum absolute atomic E-state index is 13.0. The van der Waals surface area contributed by atoms with Crippen molar-refractivity contribution in [3.8, 4) is 5.82 Å². The Morgan fingerprint density at radius 2 is 2.00 bits per heavy atom. The van der Waals surface area contributed by atoms with Crippen LogP contribution in [0.5, 0.6) is 0 Å². The SMILES string of the molecule is CCN1CCCC1C1CCCN1C(=O)c1ccc(-n2ccnc2)nn1. The van der Waals surface area contributed by atoms with Gasteiger partial charge in [-0.15, -0.1) is 10.2 Å². The number of amides is 1. The standard InChI is InChI=1S/C18H24N6O/c1-2-22-10-3-5-15(22)16-6-4-11-24(16)18(25)14-7-8-17(21-20-14)23-12-9-19-13-23/h7-9,12-13,15-16H,2-6,10-11H2,1H3.